The summed E-state index contributed by atoms with van der Waals surface area (Å²) in [6.07, 6.45) is 6.35. The van der Waals surface area contributed by atoms with Crippen molar-refractivity contribution in [2.75, 3.05) is 40.4 Å². The second-order valence-corrected chi connectivity index (χ2v) is 7.78. The number of ether oxygens (including phenoxy) is 2. The summed E-state index contributed by atoms with van der Waals surface area (Å²) < 4.78 is 11.0. The molecule has 2 fully saturated rings. The third-order valence-electron chi connectivity index (χ3n) is 5.69. The van der Waals surface area contributed by atoms with Crippen molar-refractivity contribution in [1.82, 2.24) is 15.5 Å². The summed E-state index contributed by atoms with van der Waals surface area (Å²) in [7, 11) is 3.42. The van der Waals surface area contributed by atoms with Crippen LogP contribution in [0.1, 0.15) is 38.5 Å². The highest BCUT2D eigenvalue weighted by Crippen LogP contribution is 2.27. The molecule has 1 aliphatic carbocycles. The van der Waals surface area contributed by atoms with Crippen LogP contribution in [0, 0.1) is 5.92 Å². The molecule has 1 saturated heterocycles. The Hall–Kier alpha value is -2.44. The zero-order chi connectivity index (χ0) is 20.5. The fourth-order valence-corrected chi connectivity index (χ4v) is 4.06. The van der Waals surface area contributed by atoms with Gasteiger partial charge in [0.2, 0.25) is 5.91 Å². The molecule has 1 atom stereocenters. The third-order valence-corrected chi connectivity index (χ3v) is 5.69. The molecule has 7 heteroatoms. The number of amides is 1. The average molecular weight is 403 g/mol. The van der Waals surface area contributed by atoms with Gasteiger partial charge < -0.3 is 25.0 Å². The largest absolute Gasteiger partial charge is 0.497 e. The van der Waals surface area contributed by atoms with E-state index in [1.54, 1.807) is 14.2 Å². The van der Waals surface area contributed by atoms with Crippen molar-refractivity contribution in [3.05, 3.63) is 24.3 Å². The fraction of sp³-hybridized carbons (Fsp3) is 0.636. The van der Waals surface area contributed by atoms with E-state index in [4.69, 9.17) is 9.47 Å². The molecule has 3 rings (SSSR count). The van der Waals surface area contributed by atoms with Gasteiger partial charge in [0.1, 0.15) is 11.5 Å². The molecule has 160 valence electrons. The highest BCUT2D eigenvalue weighted by molar-refractivity contribution is 5.81. The maximum Gasteiger partial charge on any atom is 0.225 e. The minimum absolute atomic E-state index is 0.260. The van der Waals surface area contributed by atoms with Crippen molar-refractivity contribution in [3.63, 3.8) is 0 Å². The number of methoxy groups -OCH3 is 1. The highest BCUT2D eigenvalue weighted by atomic mass is 16.5. The number of nitrogens with one attached hydrogen (secondary N) is 2. The molecule has 0 aromatic heterocycles. The van der Waals surface area contributed by atoms with Gasteiger partial charge in [0.05, 0.1) is 13.7 Å². The maximum atomic E-state index is 12.6. The van der Waals surface area contributed by atoms with Crippen molar-refractivity contribution in [1.29, 1.82) is 0 Å². The molecule has 2 aliphatic rings. The number of hydrogen-bond donors (Lipinski definition) is 2. The SMILES string of the molecule is CN=C(NCCCOc1cccc(OC)c1)NC1CCN(C(=O)C2CCCC2)C1. The summed E-state index contributed by atoms with van der Waals surface area (Å²) in [5.74, 6) is 3.00. The number of benzene rings is 1. The third kappa shape index (κ3) is 6.27. The van der Waals surface area contributed by atoms with Gasteiger partial charge >= 0.3 is 0 Å². The Kier molecular flexibility index (Phi) is 8.02. The lowest BCUT2D eigenvalue weighted by Crippen LogP contribution is -2.45. The molecule has 1 unspecified atom stereocenters. The van der Waals surface area contributed by atoms with Crippen LogP contribution >= 0.6 is 0 Å². The lowest BCUT2D eigenvalue weighted by Gasteiger charge is -2.21. The molecule has 1 heterocycles. The van der Waals surface area contributed by atoms with Crippen molar-refractivity contribution in [2.45, 2.75) is 44.6 Å². The molecule has 1 saturated carbocycles. The van der Waals surface area contributed by atoms with Gasteiger partial charge in [0.25, 0.3) is 0 Å². The van der Waals surface area contributed by atoms with Gasteiger partial charge in [0, 0.05) is 44.7 Å². The summed E-state index contributed by atoms with van der Waals surface area (Å²) in [6.45, 7) is 3.00. The van der Waals surface area contributed by atoms with Crippen molar-refractivity contribution >= 4 is 11.9 Å². The van der Waals surface area contributed by atoms with Crippen LogP contribution in [0.4, 0.5) is 0 Å². The molecule has 0 spiro atoms. The number of aliphatic imine (C=N–C) groups is 1. The Balaban J connectivity index is 1.32. The quantitative estimate of drug-likeness (QED) is 0.397. The predicted octanol–water partition coefficient (Wildman–Crippen LogP) is 2.42. The van der Waals surface area contributed by atoms with Crippen LogP contribution in [-0.4, -0.2) is 63.2 Å². The Morgan fingerprint density at radius 1 is 1.24 bits per heavy atom. The van der Waals surface area contributed by atoms with E-state index in [0.717, 1.165) is 62.8 Å². The fourth-order valence-electron chi connectivity index (χ4n) is 4.06. The van der Waals surface area contributed by atoms with E-state index >= 15 is 0 Å². The lowest BCUT2D eigenvalue weighted by molar-refractivity contribution is -0.134. The monoisotopic (exact) mass is 402 g/mol. The van der Waals surface area contributed by atoms with E-state index in [2.05, 4.69) is 15.6 Å². The molecule has 0 bridgehead atoms. The van der Waals surface area contributed by atoms with Gasteiger partial charge in [-0.2, -0.15) is 0 Å². The minimum atomic E-state index is 0.260. The summed E-state index contributed by atoms with van der Waals surface area (Å²) in [5.41, 5.74) is 0. The molecular formula is C22H34N4O3. The van der Waals surface area contributed by atoms with Crippen LogP contribution in [0.15, 0.2) is 29.3 Å². The van der Waals surface area contributed by atoms with E-state index in [1.165, 1.54) is 12.8 Å². The Bertz CT molecular complexity index is 688. The number of carbonyl (C=O) groups excluding carboxylic acids is 1. The normalized spacial score (nSPS) is 20.0. The molecule has 1 aromatic rings. The predicted molar refractivity (Wildman–Crippen MR) is 115 cm³/mol. The van der Waals surface area contributed by atoms with E-state index < -0.39 is 0 Å². The average Bonchev–Trinajstić information content (AvgIpc) is 3.44. The van der Waals surface area contributed by atoms with Gasteiger partial charge in [-0.3, -0.25) is 9.79 Å². The van der Waals surface area contributed by atoms with Crippen LogP contribution in [0.2, 0.25) is 0 Å². The first-order valence-corrected chi connectivity index (χ1v) is 10.7. The van der Waals surface area contributed by atoms with Crippen molar-refractivity contribution in [3.8, 4) is 11.5 Å². The van der Waals surface area contributed by atoms with Gasteiger partial charge in [-0.1, -0.05) is 18.9 Å². The van der Waals surface area contributed by atoms with Crippen LogP contribution in [-0.2, 0) is 4.79 Å². The van der Waals surface area contributed by atoms with Crippen molar-refractivity contribution < 1.29 is 14.3 Å². The number of hydrogen-bond acceptors (Lipinski definition) is 4. The zero-order valence-electron chi connectivity index (χ0n) is 17.7. The lowest BCUT2D eigenvalue weighted by atomic mass is 10.1. The smallest absolute Gasteiger partial charge is 0.225 e. The first-order chi connectivity index (χ1) is 14.2. The molecule has 29 heavy (non-hydrogen) atoms. The van der Waals surface area contributed by atoms with Crippen LogP contribution in [0.3, 0.4) is 0 Å². The van der Waals surface area contributed by atoms with Crippen LogP contribution in [0.25, 0.3) is 0 Å². The first kappa shape index (κ1) is 21.3. The van der Waals surface area contributed by atoms with E-state index in [-0.39, 0.29) is 12.0 Å². The summed E-state index contributed by atoms with van der Waals surface area (Å²) in [4.78, 5) is 18.9. The number of guanidine groups is 1. The maximum absolute atomic E-state index is 12.6. The highest BCUT2D eigenvalue weighted by Gasteiger charge is 2.32. The Labute approximate surface area is 173 Å². The molecule has 1 aromatic carbocycles. The van der Waals surface area contributed by atoms with E-state index in [1.807, 2.05) is 29.2 Å². The Morgan fingerprint density at radius 2 is 2.03 bits per heavy atom. The van der Waals surface area contributed by atoms with Crippen LogP contribution in [0.5, 0.6) is 11.5 Å². The Morgan fingerprint density at radius 3 is 2.79 bits per heavy atom. The molecule has 0 radical (unpaired) electrons. The number of rotatable bonds is 8. The van der Waals surface area contributed by atoms with Gasteiger partial charge in [-0.15, -0.1) is 0 Å². The molecule has 1 aliphatic heterocycles. The zero-order valence-corrected chi connectivity index (χ0v) is 17.7. The standard InChI is InChI=1S/C22H34N4O3/c1-23-22(24-12-6-14-29-20-10-5-9-19(15-20)28-2)25-18-11-13-26(16-18)21(27)17-7-3-4-8-17/h5,9-10,15,17-18H,3-4,6-8,11-14,16H2,1-2H3,(H2,23,24,25). The molecule has 7 nitrogen and oxygen atoms in total. The topological polar surface area (TPSA) is 75.2 Å². The van der Waals surface area contributed by atoms with Gasteiger partial charge in [-0.05, 0) is 37.8 Å². The number of nitrogens with zero attached hydrogens (tertiary/aromatic N) is 2. The summed E-state index contributed by atoms with van der Waals surface area (Å²) >= 11 is 0. The van der Waals surface area contributed by atoms with Gasteiger partial charge in [0.15, 0.2) is 5.96 Å². The summed E-state index contributed by atoms with van der Waals surface area (Å²) in [6, 6.07) is 7.89. The second kappa shape index (κ2) is 10.9. The minimum Gasteiger partial charge on any atom is -0.497 e. The van der Waals surface area contributed by atoms with Crippen LogP contribution < -0.4 is 20.1 Å². The first-order valence-electron chi connectivity index (χ1n) is 10.7. The molecular weight excluding hydrogens is 368 g/mol. The second-order valence-electron chi connectivity index (χ2n) is 7.78. The van der Waals surface area contributed by atoms with E-state index in [0.29, 0.717) is 12.5 Å². The molecule has 1 amide bonds. The number of likely N-dealkylation sites (tertiary alicyclic amines) is 1. The number of carbonyl (C=O) groups is 1. The molecule has 2 N–H and O–H groups in total. The van der Waals surface area contributed by atoms with Gasteiger partial charge in [-0.25, -0.2) is 0 Å². The summed E-state index contributed by atoms with van der Waals surface area (Å²) in [5, 5.41) is 6.79. The van der Waals surface area contributed by atoms with E-state index in [9.17, 15) is 4.79 Å². The van der Waals surface area contributed by atoms with Crippen molar-refractivity contribution in [2.24, 2.45) is 10.9 Å².